The monoisotopic (exact) mass is 398 g/mol. The lowest BCUT2D eigenvalue weighted by molar-refractivity contribution is -0.116. The number of benzene rings is 2. The van der Waals surface area contributed by atoms with Gasteiger partial charge in [0.25, 0.3) is 5.91 Å². The molecular weight excluding hydrogens is 372 g/mol. The minimum absolute atomic E-state index is 0.0907. The first kappa shape index (κ1) is 20.7. The zero-order valence-corrected chi connectivity index (χ0v) is 16.6. The zero-order valence-electron chi connectivity index (χ0n) is 16.6. The van der Waals surface area contributed by atoms with Crippen LogP contribution in [0.5, 0.6) is 11.5 Å². The van der Waals surface area contributed by atoms with Crippen molar-refractivity contribution in [3.63, 3.8) is 0 Å². The minimum atomic E-state index is -0.148. The van der Waals surface area contributed by atoms with Crippen LogP contribution in [0.15, 0.2) is 48.5 Å². The van der Waals surface area contributed by atoms with Crippen LogP contribution < -0.4 is 14.8 Å². The highest BCUT2D eigenvalue weighted by Gasteiger charge is 2.21. The van der Waals surface area contributed by atoms with Gasteiger partial charge in [0.15, 0.2) is 0 Å². The molecule has 1 aliphatic heterocycles. The van der Waals surface area contributed by atoms with Gasteiger partial charge in [-0.25, -0.2) is 0 Å². The van der Waals surface area contributed by atoms with Gasteiger partial charge in [-0.15, -0.1) is 0 Å². The number of ether oxygens (including phenoxy) is 3. The first-order chi connectivity index (χ1) is 14.2. The van der Waals surface area contributed by atoms with E-state index in [1.54, 1.807) is 36.3 Å². The van der Waals surface area contributed by atoms with E-state index in [0.717, 1.165) is 11.5 Å². The highest BCUT2D eigenvalue weighted by molar-refractivity contribution is 6.03. The third kappa shape index (κ3) is 5.96. The van der Waals surface area contributed by atoms with E-state index in [-0.39, 0.29) is 11.8 Å². The molecule has 3 rings (SSSR count). The Morgan fingerprint density at radius 2 is 1.72 bits per heavy atom. The summed E-state index contributed by atoms with van der Waals surface area (Å²) >= 11 is 0. The number of carbonyl (C=O) groups is 2. The minimum Gasteiger partial charge on any atom is -0.497 e. The van der Waals surface area contributed by atoms with Crippen LogP contribution in [0.3, 0.4) is 0 Å². The van der Waals surface area contributed by atoms with E-state index < -0.39 is 0 Å². The number of anilines is 1. The highest BCUT2D eigenvalue weighted by atomic mass is 16.5. The summed E-state index contributed by atoms with van der Waals surface area (Å²) in [6.07, 6.45) is 0.869. The molecule has 0 radical (unpaired) electrons. The van der Waals surface area contributed by atoms with Gasteiger partial charge in [0.1, 0.15) is 11.5 Å². The van der Waals surface area contributed by atoms with E-state index in [9.17, 15) is 9.59 Å². The van der Waals surface area contributed by atoms with Crippen LogP contribution in [0.25, 0.3) is 0 Å². The average molecular weight is 398 g/mol. The number of nitrogens with zero attached hydrogens (tertiary/aromatic N) is 1. The maximum absolute atomic E-state index is 12.8. The number of hydrogen-bond acceptors (Lipinski definition) is 5. The van der Waals surface area contributed by atoms with Crippen LogP contribution in [-0.2, 0) is 9.53 Å². The maximum Gasteiger partial charge on any atom is 0.256 e. The molecule has 0 atom stereocenters. The van der Waals surface area contributed by atoms with Gasteiger partial charge in [-0.3, -0.25) is 9.59 Å². The topological polar surface area (TPSA) is 77.1 Å². The quantitative estimate of drug-likeness (QED) is 0.692. The molecule has 1 heterocycles. The molecule has 1 fully saturated rings. The molecule has 7 nitrogen and oxygen atoms in total. The number of nitrogens with one attached hydrogen (secondary N) is 1. The molecule has 0 saturated carbocycles. The van der Waals surface area contributed by atoms with Crippen LogP contribution in [0.1, 0.15) is 23.2 Å². The van der Waals surface area contributed by atoms with Gasteiger partial charge in [0.05, 0.1) is 38.2 Å². The Morgan fingerprint density at radius 1 is 1.03 bits per heavy atom. The van der Waals surface area contributed by atoms with E-state index in [1.165, 1.54) is 0 Å². The Morgan fingerprint density at radius 3 is 2.45 bits per heavy atom. The van der Waals surface area contributed by atoms with Crippen molar-refractivity contribution in [3.05, 3.63) is 54.1 Å². The summed E-state index contributed by atoms with van der Waals surface area (Å²) < 4.78 is 16.0. The summed E-state index contributed by atoms with van der Waals surface area (Å²) in [5, 5.41) is 2.85. The van der Waals surface area contributed by atoms with Crippen LogP contribution in [0.4, 0.5) is 5.69 Å². The fourth-order valence-electron chi connectivity index (χ4n) is 3.02. The van der Waals surface area contributed by atoms with Gasteiger partial charge in [0, 0.05) is 19.5 Å². The van der Waals surface area contributed by atoms with Crippen LogP contribution >= 0.6 is 0 Å². The van der Waals surface area contributed by atoms with Gasteiger partial charge < -0.3 is 24.4 Å². The fraction of sp³-hybridized carbons (Fsp3) is 0.364. The molecule has 0 aliphatic carbocycles. The number of carbonyl (C=O) groups excluding carboxylic acids is 2. The Bertz CT molecular complexity index is 816. The Kier molecular flexibility index (Phi) is 7.47. The van der Waals surface area contributed by atoms with Crippen molar-refractivity contribution < 1.29 is 23.8 Å². The smallest absolute Gasteiger partial charge is 0.256 e. The van der Waals surface area contributed by atoms with Crippen molar-refractivity contribution in [2.75, 3.05) is 45.3 Å². The zero-order chi connectivity index (χ0) is 20.5. The molecule has 154 valence electrons. The van der Waals surface area contributed by atoms with Crippen molar-refractivity contribution in [2.45, 2.75) is 12.8 Å². The molecule has 1 N–H and O–H groups in total. The van der Waals surface area contributed by atoms with Gasteiger partial charge in [-0.05, 0) is 42.8 Å². The summed E-state index contributed by atoms with van der Waals surface area (Å²) in [7, 11) is 1.61. The van der Waals surface area contributed by atoms with E-state index >= 15 is 0 Å². The first-order valence-electron chi connectivity index (χ1n) is 9.70. The molecular formula is C22H26N2O5. The molecule has 0 unspecified atom stereocenters. The van der Waals surface area contributed by atoms with Crippen molar-refractivity contribution in [1.29, 1.82) is 0 Å². The predicted octanol–water partition coefficient (Wildman–Crippen LogP) is 2.97. The van der Waals surface area contributed by atoms with E-state index in [2.05, 4.69) is 5.32 Å². The second-order valence-corrected chi connectivity index (χ2v) is 6.63. The van der Waals surface area contributed by atoms with Gasteiger partial charge >= 0.3 is 0 Å². The molecule has 1 aliphatic rings. The van der Waals surface area contributed by atoms with Gasteiger partial charge in [-0.1, -0.05) is 12.1 Å². The normalized spacial score (nSPS) is 13.6. The molecule has 2 amide bonds. The van der Waals surface area contributed by atoms with Crippen LogP contribution in [0.2, 0.25) is 0 Å². The standard InChI is InChI=1S/C22H26N2O5/c1-27-17-8-10-18(11-9-17)29-14-4-7-21(25)23-20-6-3-2-5-19(20)22(26)24-12-15-28-16-13-24/h2-3,5-6,8-11H,4,7,12-16H2,1H3,(H,23,25). The van der Waals surface area contributed by atoms with E-state index in [0.29, 0.717) is 57.0 Å². The molecule has 2 aromatic rings. The number of morpholine rings is 1. The SMILES string of the molecule is COc1ccc(OCCCC(=O)Nc2ccccc2C(=O)N2CCOCC2)cc1. The second-order valence-electron chi connectivity index (χ2n) is 6.63. The van der Waals surface area contributed by atoms with E-state index in [4.69, 9.17) is 14.2 Å². The lowest BCUT2D eigenvalue weighted by Crippen LogP contribution is -2.41. The third-order valence-corrected chi connectivity index (χ3v) is 4.61. The number of hydrogen-bond donors (Lipinski definition) is 1. The molecule has 0 bridgehead atoms. The lowest BCUT2D eigenvalue weighted by Gasteiger charge is -2.27. The third-order valence-electron chi connectivity index (χ3n) is 4.61. The summed E-state index contributed by atoms with van der Waals surface area (Å²) in [5.74, 6) is 1.26. The molecule has 1 saturated heterocycles. The van der Waals surface area contributed by atoms with Gasteiger partial charge in [-0.2, -0.15) is 0 Å². The molecule has 29 heavy (non-hydrogen) atoms. The highest BCUT2D eigenvalue weighted by Crippen LogP contribution is 2.19. The molecule has 0 spiro atoms. The van der Waals surface area contributed by atoms with Crippen molar-refractivity contribution >= 4 is 17.5 Å². The maximum atomic E-state index is 12.8. The van der Waals surface area contributed by atoms with Crippen molar-refractivity contribution in [3.8, 4) is 11.5 Å². The Balaban J connectivity index is 1.48. The second kappa shape index (κ2) is 10.5. The Labute approximate surface area is 170 Å². The van der Waals surface area contributed by atoms with Crippen LogP contribution in [0, 0.1) is 0 Å². The molecule has 2 aromatic carbocycles. The average Bonchev–Trinajstić information content (AvgIpc) is 2.77. The number of rotatable bonds is 8. The Hall–Kier alpha value is -3.06. The van der Waals surface area contributed by atoms with Crippen LogP contribution in [-0.4, -0.2) is 56.7 Å². The first-order valence-corrected chi connectivity index (χ1v) is 9.70. The number of para-hydroxylation sites is 1. The lowest BCUT2D eigenvalue weighted by atomic mass is 10.1. The van der Waals surface area contributed by atoms with Crippen molar-refractivity contribution in [1.82, 2.24) is 4.90 Å². The fourth-order valence-corrected chi connectivity index (χ4v) is 3.02. The summed E-state index contributed by atoms with van der Waals surface area (Å²) in [6, 6.07) is 14.4. The molecule has 0 aromatic heterocycles. The summed E-state index contributed by atoms with van der Waals surface area (Å²) in [4.78, 5) is 26.8. The van der Waals surface area contributed by atoms with Gasteiger partial charge in [0.2, 0.25) is 5.91 Å². The largest absolute Gasteiger partial charge is 0.497 e. The predicted molar refractivity (Wildman–Crippen MR) is 110 cm³/mol. The van der Waals surface area contributed by atoms with Crippen molar-refractivity contribution in [2.24, 2.45) is 0 Å². The molecule has 7 heteroatoms. The summed E-state index contributed by atoms with van der Waals surface area (Å²) in [6.45, 7) is 2.62. The number of amides is 2. The number of methoxy groups -OCH3 is 1. The summed E-state index contributed by atoms with van der Waals surface area (Å²) in [5.41, 5.74) is 1.03. The van der Waals surface area contributed by atoms with E-state index in [1.807, 2.05) is 24.3 Å².